The maximum atomic E-state index is 14.2. The lowest BCUT2D eigenvalue weighted by Crippen LogP contribution is -2.11. The van der Waals surface area contributed by atoms with E-state index in [9.17, 15) is 4.39 Å². The molecule has 0 spiro atoms. The molecule has 1 aliphatic rings. The van der Waals surface area contributed by atoms with Crippen LogP contribution in [0.2, 0.25) is 0 Å². The van der Waals surface area contributed by atoms with Crippen molar-refractivity contribution >= 4 is 0 Å². The minimum Gasteiger partial charge on any atom is -0.491 e. The smallest absolute Gasteiger partial charge is 0.165 e. The molecule has 1 nitrogen and oxygen atoms in total. The van der Waals surface area contributed by atoms with Crippen LogP contribution in [0.3, 0.4) is 0 Å². The highest BCUT2D eigenvalue weighted by Crippen LogP contribution is 2.36. The molecule has 23 heavy (non-hydrogen) atoms. The third-order valence-electron chi connectivity index (χ3n) is 5.20. The van der Waals surface area contributed by atoms with E-state index < -0.39 is 0 Å². The highest BCUT2D eigenvalue weighted by molar-refractivity contribution is 5.31. The second-order valence-corrected chi connectivity index (χ2v) is 7.26. The fraction of sp³-hybridized carbons (Fsp3) is 0.714. The summed E-state index contributed by atoms with van der Waals surface area (Å²) in [6.07, 6.45) is 12.3. The van der Waals surface area contributed by atoms with Gasteiger partial charge in [0, 0.05) is 0 Å². The van der Waals surface area contributed by atoms with Gasteiger partial charge >= 0.3 is 0 Å². The highest BCUT2D eigenvalue weighted by Gasteiger charge is 2.20. The Kier molecular flexibility index (Phi) is 7.91. The predicted molar refractivity (Wildman–Crippen MR) is 95.6 cm³/mol. The number of hydrogen-bond donors (Lipinski definition) is 0. The zero-order valence-electron chi connectivity index (χ0n) is 15.0. The van der Waals surface area contributed by atoms with E-state index in [1.54, 1.807) is 6.07 Å². The summed E-state index contributed by atoms with van der Waals surface area (Å²) in [4.78, 5) is 0. The van der Waals surface area contributed by atoms with E-state index in [2.05, 4.69) is 19.9 Å². The van der Waals surface area contributed by atoms with Gasteiger partial charge in [-0.05, 0) is 48.8 Å². The van der Waals surface area contributed by atoms with Crippen LogP contribution in [0.25, 0.3) is 0 Å². The number of unbranched alkanes of at least 4 members (excludes halogenated alkanes) is 5. The first-order valence-corrected chi connectivity index (χ1v) is 9.63. The van der Waals surface area contributed by atoms with Gasteiger partial charge in [-0.3, -0.25) is 0 Å². The van der Waals surface area contributed by atoms with E-state index in [0.29, 0.717) is 18.3 Å². The highest BCUT2D eigenvalue weighted by atomic mass is 19.1. The van der Waals surface area contributed by atoms with Crippen molar-refractivity contribution in [2.75, 3.05) is 6.61 Å². The number of halogens is 1. The van der Waals surface area contributed by atoms with Crippen LogP contribution >= 0.6 is 0 Å². The molecule has 2 heteroatoms. The second kappa shape index (κ2) is 9.95. The van der Waals surface area contributed by atoms with Crippen molar-refractivity contribution in [2.45, 2.75) is 84.0 Å². The van der Waals surface area contributed by atoms with E-state index in [1.165, 1.54) is 57.8 Å². The Labute approximate surface area is 141 Å². The van der Waals surface area contributed by atoms with Crippen LogP contribution in [-0.2, 0) is 0 Å². The standard InChI is InChI=1S/C21H33FO/c1-3-4-5-6-7-8-15-23-21-14-13-19(16-20(21)22)18-11-9-17(2)10-12-18/h13-14,16-18H,3-12,15H2,1-2H3/t17-,18-. The minimum absolute atomic E-state index is 0.188. The van der Waals surface area contributed by atoms with Crippen LogP contribution in [0, 0.1) is 11.7 Å². The van der Waals surface area contributed by atoms with Crippen molar-refractivity contribution in [1.29, 1.82) is 0 Å². The van der Waals surface area contributed by atoms with E-state index >= 15 is 0 Å². The summed E-state index contributed by atoms with van der Waals surface area (Å²) in [5, 5.41) is 0. The number of rotatable bonds is 9. The zero-order valence-corrected chi connectivity index (χ0v) is 15.0. The second-order valence-electron chi connectivity index (χ2n) is 7.26. The Morgan fingerprint density at radius 1 is 1.00 bits per heavy atom. The molecule has 0 bridgehead atoms. The van der Waals surface area contributed by atoms with Gasteiger partial charge in [0.2, 0.25) is 0 Å². The van der Waals surface area contributed by atoms with Crippen molar-refractivity contribution in [1.82, 2.24) is 0 Å². The molecular weight excluding hydrogens is 287 g/mol. The van der Waals surface area contributed by atoms with E-state index in [0.717, 1.165) is 17.9 Å². The van der Waals surface area contributed by atoms with Crippen LogP contribution in [0.15, 0.2) is 18.2 Å². The van der Waals surface area contributed by atoms with Gasteiger partial charge in [-0.25, -0.2) is 4.39 Å². The van der Waals surface area contributed by atoms with Gasteiger partial charge in [-0.15, -0.1) is 0 Å². The number of benzene rings is 1. The van der Waals surface area contributed by atoms with E-state index in [4.69, 9.17) is 4.74 Å². The predicted octanol–water partition coefficient (Wildman–Crippen LogP) is 6.86. The lowest BCUT2D eigenvalue weighted by molar-refractivity contribution is 0.289. The van der Waals surface area contributed by atoms with Crippen LogP contribution in [-0.4, -0.2) is 6.61 Å². The van der Waals surface area contributed by atoms with Crippen molar-refractivity contribution in [3.63, 3.8) is 0 Å². The molecule has 1 fully saturated rings. The quantitative estimate of drug-likeness (QED) is 0.452. The van der Waals surface area contributed by atoms with Crippen LogP contribution in [0.1, 0.15) is 89.5 Å². The Hall–Kier alpha value is -1.05. The van der Waals surface area contributed by atoms with Crippen LogP contribution < -0.4 is 4.74 Å². The molecule has 0 amide bonds. The molecule has 0 radical (unpaired) electrons. The Balaban J connectivity index is 1.74. The van der Waals surface area contributed by atoms with Gasteiger partial charge in [-0.1, -0.05) is 64.9 Å². The summed E-state index contributed by atoms with van der Waals surface area (Å²) in [5.41, 5.74) is 1.15. The average Bonchev–Trinajstić information content (AvgIpc) is 2.56. The molecule has 0 N–H and O–H groups in total. The zero-order chi connectivity index (χ0) is 16.5. The maximum absolute atomic E-state index is 14.2. The first-order chi connectivity index (χ1) is 11.2. The van der Waals surface area contributed by atoms with Gasteiger partial charge in [-0.2, -0.15) is 0 Å². The molecule has 1 aliphatic carbocycles. The maximum Gasteiger partial charge on any atom is 0.165 e. The summed E-state index contributed by atoms with van der Waals surface area (Å²) in [7, 11) is 0. The molecule has 1 aromatic rings. The lowest BCUT2D eigenvalue weighted by atomic mass is 9.79. The molecule has 0 aromatic heterocycles. The minimum atomic E-state index is -0.188. The van der Waals surface area contributed by atoms with Crippen molar-refractivity contribution in [3.8, 4) is 5.75 Å². The molecule has 0 heterocycles. The van der Waals surface area contributed by atoms with Gasteiger partial charge in [0.05, 0.1) is 6.61 Å². The summed E-state index contributed by atoms with van der Waals surface area (Å²) in [5.74, 6) is 1.60. The molecule has 0 saturated heterocycles. The van der Waals surface area contributed by atoms with Gasteiger partial charge in [0.15, 0.2) is 11.6 Å². The molecule has 0 aliphatic heterocycles. The van der Waals surface area contributed by atoms with Crippen molar-refractivity contribution < 1.29 is 9.13 Å². The third-order valence-corrected chi connectivity index (χ3v) is 5.20. The fourth-order valence-electron chi connectivity index (χ4n) is 3.55. The molecule has 1 aromatic carbocycles. The first kappa shape index (κ1) is 18.3. The molecular formula is C21H33FO. The van der Waals surface area contributed by atoms with Gasteiger partial charge in [0.1, 0.15) is 0 Å². The van der Waals surface area contributed by atoms with Gasteiger partial charge < -0.3 is 4.74 Å². The normalized spacial score (nSPS) is 21.3. The molecule has 0 unspecified atom stereocenters. The average molecular weight is 320 g/mol. The third kappa shape index (κ3) is 6.16. The molecule has 1 saturated carbocycles. The van der Waals surface area contributed by atoms with Crippen LogP contribution in [0.5, 0.6) is 5.75 Å². The SMILES string of the molecule is CCCCCCCCOc1ccc([C@H]2CC[C@H](C)CC2)cc1F. The first-order valence-electron chi connectivity index (χ1n) is 9.63. The summed E-state index contributed by atoms with van der Waals surface area (Å²) in [6, 6.07) is 5.61. The Morgan fingerprint density at radius 3 is 2.39 bits per heavy atom. The number of hydrogen-bond acceptors (Lipinski definition) is 1. The lowest BCUT2D eigenvalue weighted by Gasteiger charge is -2.26. The Bertz CT molecular complexity index is 449. The van der Waals surface area contributed by atoms with E-state index in [-0.39, 0.29) is 5.82 Å². The molecule has 2 rings (SSSR count). The summed E-state index contributed by atoms with van der Waals surface area (Å²) in [6.45, 7) is 5.17. The summed E-state index contributed by atoms with van der Waals surface area (Å²) < 4.78 is 19.9. The number of ether oxygens (including phenoxy) is 1. The molecule has 130 valence electrons. The molecule has 0 atom stereocenters. The van der Waals surface area contributed by atoms with Crippen LogP contribution in [0.4, 0.5) is 4.39 Å². The Morgan fingerprint density at radius 2 is 1.70 bits per heavy atom. The van der Waals surface area contributed by atoms with Crippen molar-refractivity contribution in [3.05, 3.63) is 29.6 Å². The van der Waals surface area contributed by atoms with Gasteiger partial charge in [0.25, 0.3) is 0 Å². The summed E-state index contributed by atoms with van der Waals surface area (Å²) >= 11 is 0. The van der Waals surface area contributed by atoms with E-state index in [1.807, 2.05) is 6.07 Å². The fourth-order valence-corrected chi connectivity index (χ4v) is 3.55. The largest absolute Gasteiger partial charge is 0.491 e. The monoisotopic (exact) mass is 320 g/mol. The van der Waals surface area contributed by atoms with Crippen molar-refractivity contribution in [2.24, 2.45) is 5.92 Å². The topological polar surface area (TPSA) is 9.23 Å².